The first kappa shape index (κ1) is 19.2. The van der Waals surface area contributed by atoms with E-state index in [-0.39, 0.29) is 5.91 Å². The summed E-state index contributed by atoms with van der Waals surface area (Å²) in [5, 5.41) is 0. The van der Waals surface area contributed by atoms with Gasteiger partial charge in [-0.3, -0.25) is 4.79 Å². The van der Waals surface area contributed by atoms with E-state index in [1.54, 1.807) is 13.3 Å². The van der Waals surface area contributed by atoms with Crippen LogP contribution in [0.15, 0.2) is 18.3 Å². The SMILES string of the molecule is CCC1(CC)CCN(c2ccc(C(=O)N3CCC[C@@H](COC)C3)cn2)C1. The van der Waals surface area contributed by atoms with Crippen molar-refractivity contribution < 1.29 is 9.53 Å². The fraction of sp³-hybridized carbons (Fsp3) is 0.714. The Morgan fingerprint density at radius 1 is 1.31 bits per heavy atom. The largest absolute Gasteiger partial charge is 0.384 e. The lowest BCUT2D eigenvalue weighted by Gasteiger charge is -2.32. The molecule has 2 saturated heterocycles. The summed E-state index contributed by atoms with van der Waals surface area (Å²) in [6.45, 7) is 9.07. The molecule has 3 rings (SSSR count). The fourth-order valence-corrected chi connectivity index (χ4v) is 4.46. The maximum atomic E-state index is 12.8. The summed E-state index contributed by atoms with van der Waals surface area (Å²) in [5.74, 6) is 1.55. The summed E-state index contributed by atoms with van der Waals surface area (Å²) in [5.41, 5.74) is 1.13. The number of pyridine rings is 1. The minimum atomic E-state index is 0.0998. The number of likely N-dealkylation sites (tertiary alicyclic amines) is 1. The molecule has 2 aliphatic heterocycles. The summed E-state index contributed by atoms with van der Waals surface area (Å²) >= 11 is 0. The van der Waals surface area contributed by atoms with Crippen LogP contribution in [0.4, 0.5) is 5.82 Å². The second-order valence-corrected chi connectivity index (χ2v) is 8.00. The number of rotatable bonds is 6. The van der Waals surface area contributed by atoms with Crippen molar-refractivity contribution in [2.24, 2.45) is 11.3 Å². The number of carbonyl (C=O) groups excluding carboxylic acids is 1. The van der Waals surface area contributed by atoms with Gasteiger partial charge in [-0.05, 0) is 55.6 Å². The average molecular weight is 360 g/mol. The Morgan fingerprint density at radius 3 is 2.73 bits per heavy atom. The highest BCUT2D eigenvalue weighted by Gasteiger charge is 2.35. The summed E-state index contributed by atoms with van der Waals surface area (Å²) in [6.07, 6.45) is 7.62. The van der Waals surface area contributed by atoms with Gasteiger partial charge in [0.2, 0.25) is 0 Å². The van der Waals surface area contributed by atoms with Gasteiger partial charge in [-0.1, -0.05) is 13.8 Å². The Kier molecular flexibility index (Phi) is 6.17. The van der Waals surface area contributed by atoms with E-state index in [0.717, 1.165) is 51.4 Å². The second kappa shape index (κ2) is 8.38. The molecule has 0 bridgehead atoms. The van der Waals surface area contributed by atoms with Crippen molar-refractivity contribution in [1.82, 2.24) is 9.88 Å². The molecule has 144 valence electrons. The minimum absolute atomic E-state index is 0.0998. The van der Waals surface area contributed by atoms with Gasteiger partial charge in [-0.25, -0.2) is 4.98 Å². The predicted octanol–water partition coefficient (Wildman–Crippen LogP) is 3.60. The highest BCUT2D eigenvalue weighted by molar-refractivity contribution is 5.94. The molecule has 0 spiro atoms. The van der Waals surface area contributed by atoms with Gasteiger partial charge in [-0.2, -0.15) is 0 Å². The van der Waals surface area contributed by atoms with Crippen molar-refractivity contribution in [3.05, 3.63) is 23.9 Å². The Hall–Kier alpha value is -1.62. The zero-order valence-electron chi connectivity index (χ0n) is 16.5. The molecule has 2 aliphatic rings. The molecular weight excluding hydrogens is 326 g/mol. The van der Waals surface area contributed by atoms with Crippen LogP contribution in [0.2, 0.25) is 0 Å². The maximum absolute atomic E-state index is 12.8. The van der Waals surface area contributed by atoms with Crippen LogP contribution >= 0.6 is 0 Å². The number of aromatic nitrogens is 1. The van der Waals surface area contributed by atoms with Crippen LogP contribution in [-0.4, -0.2) is 55.7 Å². The van der Waals surface area contributed by atoms with E-state index in [2.05, 4.69) is 23.7 Å². The fourth-order valence-electron chi connectivity index (χ4n) is 4.46. The molecule has 26 heavy (non-hydrogen) atoms. The number of ether oxygens (including phenoxy) is 1. The number of hydrogen-bond donors (Lipinski definition) is 0. The molecule has 1 aromatic rings. The Morgan fingerprint density at radius 2 is 2.12 bits per heavy atom. The standard InChI is InChI=1S/C21H33N3O2/c1-4-21(5-2)10-12-24(16-21)19-9-8-18(13-22-19)20(25)23-11-6-7-17(14-23)15-26-3/h8-9,13,17H,4-7,10-12,14-16H2,1-3H3/t17-/m1/s1. The molecule has 0 aromatic carbocycles. The molecule has 0 saturated carbocycles. The van der Waals surface area contributed by atoms with Crippen LogP contribution in [0, 0.1) is 11.3 Å². The number of piperidine rings is 1. The number of carbonyl (C=O) groups is 1. The van der Waals surface area contributed by atoms with Crippen molar-refractivity contribution in [2.75, 3.05) is 44.8 Å². The number of methoxy groups -OCH3 is 1. The smallest absolute Gasteiger partial charge is 0.255 e. The van der Waals surface area contributed by atoms with Gasteiger partial charge in [0.15, 0.2) is 0 Å². The maximum Gasteiger partial charge on any atom is 0.255 e. The molecule has 0 N–H and O–H groups in total. The van der Waals surface area contributed by atoms with E-state index in [9.17, 15) is 4.79 Å². The first-order chi connectivity index (χ1) is 12.6. The molecular formula is C21H33N3O2. The quantitative estimate of drug-likeness (QED) is 0.779. The lowest BCUT2D eigenvalue weighted by atomic mass is 9.82. The van der Waals surface area contributed by atoms with Gasteiger partial charge < -0.3 is 14.5 Å². The Labute approximate surface area is 157 Å². The molecule has 2 fully saturated rings. The lowest BCUT2D eigenvalue weighted by molar-refractivity contribution is 0.0570. The van der Waals surface area contributed by atoms with E-state index in [1.807, 2.05) is 17.0 Å². The first-order valence-electron chi connectivity index (χ1n) is 10.1. The van der Waals surface area contributed by atoms with Crippen molar-refractivity contribution in [3.8, 4) is 0 Å². The molecule has 3 heterocycles. The third-order valence-electron chi connectivity index (χ3n) is 6.47. The Balaban J connectivity index is 1.63. The Bertz CT molecular complexity index is 596. The van der Waals surface area contributed by atoms with E-state index in [0.29, 0.717) is 16.9 Å². The van der Waals surface area contributed by atoms with Gasteiger partial charge in [0.05, 0.1) is 12.2 Å². The van der Waals surface area contributed by atoms with E-state index < -0.39 is 0 Å². The number of nitrogens with zero attached hydrogens (tertiary/aromatic N) is 3. The second-order valence-electron chi connectivity index (χ2n) is 8.00. The van der Waals surface area contributed by atoms with Gasteiger partial charge in [-0.15, -0.1) is 0 Å². The van der Waals surface area contributed by atoms with Gasteiger partial charge in [0.25, 0.3) is 5.91 Å². The van der Waals surface area contributed by atoms with E-state index >= 15 is 0 Å². The average Bonchev–Trinajstić information content (AvgIpc) is 3.13. The number of hydrogen-bond acceptors (Lipinski definition) is 4. The van der Waals surface area contributed by atoms with Crippen molar-refractivity contribution in [1.29, 1.82) is 0 Å². The minimum Gasteiger partial charge on any atom is -0.384 e. The van der Waals surface area contributed by atoms with Crippen molar-refractivity contribution >= 4 is 11.7 Å². The molecule has 5 nitrogen and oxygen atoms in total. The molecule has 1 atom stereocenters. The highest BCUT2D eigenvalue weighted by Crippen LogP contribution is 2.38. The predicted molar refractivity (Wildman–Crippen MR) is 105 cm³/mol. The van der Waals surface area contributed by atoms with Crippen LogP contribution < -0.4 is 4.90 Å². The summed E-state index contributed by atoms with van der Waals surface area (Å²) < 4.78 is 5.27. The van der Waals surface area contributed by atoms with Crippen molar-refractivity contribution in [3.63, 3.8) is 0 Å². The highest BCUT2D eigenvalue weighted by atomic mass is 16.5. The van der Waals surface area contributed by atoms with Gasteiger partial charge >= 0.3 is 0 Å². The van der Waals surface area contributed by atoms with Gasteiger partial charge in [0.1, 0.15) is 5.82 Å². The molecule has 5 heteroatoms. The molecule has 1 amide bonds. The van der Waals surface area contributed by atoms with Crippen molar-refractivity contribution in [2.45, 2.75) is 46.0 Å². The normalized spacial score (nSPS) is 22.7. The van der Waals surface area contributed by atoms with Crippen LogP contribution in [0.1, 0.15) is 56.3 Å². The van der Waals surface area contributed by atoms with Crippen LogP contribution in [0.25, 0.3) is 0 Å². The zero-order valence-corrected chi connectivity index (χ0v) is 16.5. The molecule has 0 unspecified atom stereocenters. The third-order valence-corrected chi connectivity index (χ3v) is 6.47. The third kappa shape index (κ3) is 4.03. The monoisotopic (exact) mass is 359 g/mol. The summed E-state index contributed by atoms with van der Waals surface area (Å²) in [7, 11) is 1.73. The zero-order chi connectivity index (χ0) is 18.6. The van der Waals surface area contributed by atoms with Gasteiger partial charge in [0, 0.05) is 39.5 Å². The first-order valence-corrected chi connectivity index (χ1v) is 10.1. The van der Waals surface area contributed by atoms with Crippen LogP contribution in [-0.2, 0) is 4.74 Å². The number of anilines is 1. The summed E-state index contributed by atoms with van der Waals surface area (Å²) in [6, 6.07) is 3.97. The van der Waals surface area contributed by atoms with E-state index in [4.69, 9.17) is 4.74 Å². The molecule has 0 radical (unpaired) electrons. The lowest BCUT2D eigenvalue weighted by Crippen LogP contribution is -2.41. The van der Waals surface area contributed by atoms with Crippen LogP contribution in [0.3, 0.4) is 0 Å². The summed E-state index contributed by atoms with van der Waals surface area (Å²) in [4.78, 5) is 21.8. The molecule has 0 aliphatic carbocycles. The van der Waals surface area contributed by atoms with E-state index in [1.165, 1.54) is 19.3 Å². The molecule has 1 aromatic heterocycles. The van der Waals surface area contributed by atoms with Crippen LogP contribution in [0.5, 0.6) is 0 Å². The number of amides is 1. The topological polar surface area (TPSA) is 45.7 Å².